The van der Waals surface area contributed by atoms with E-state index in [-0.39, 0.29) is 35.1 Å². The number of urea groups is 1. The van der Waals surface area contributed by atoms with E-state index in [0.717, 1.165) is 11.3 Å². The van der Waals surface area contributed by atoms with Crippen LogP contribution >= 0.6 is 24.8 Å². The molecular formula is C21H32F2N4O4S3. The van der Waals surface area contributed by atoms with Crippen molar-refractivity contribution in [3.05, 3.63) is 39.8 Å². The SMILES string of the molecule is Cc1cc(C(C)(C)O)sc1S(N)(=O)=NC(=O)Nc1c(C(C)C)cc(OC(F)F)cc1C(C)N.S. The van der Waals surface area contributed by atoms with Crippen LogP contribution in [0.4, 0.5) is 19.3 Å². The van der Waals surface area contributed by atoms with E-state index in [0.29, 0.717) is 21.6 Å². The lowest BCUT2D eigenvalue weighted by molar-refractivity contribution is -0.0499. The van der Waals surface area contributed by atoms with Gasteiger partial charge in [0.2, 0.25) is 0 Å². The smallest absolute Gasteiger partial charge is 0.387 e. The zero-order valence-corrected chi connectivity index (χ0v) is 22.4. The molecule has 2 unspecified atom stereocenters. The van der Waals surface area contributed by atoms with Crippen molar-refractivity contribution in [2.75, 3.05) is 5.32 Å². The first-order chi connectivity index (χ1) is 15.0. The molecule has 0 radical (unpaired) electrons. The minimum atomic E-state index is -3.62. The van der Waals surface area contributed by atoms with Crippen LogP contribution in [-0.4, -0.2) is 22.0 Å². The second-order valence-corrected chi connectivity index (χ2v) is 11.6. The highest BCUT2D eigenvalue weighted by Crippen LogP contribution is 2.37. The maximum Gasteiger partial charge on any atom is 0.387 e. The maximum absolute atomic E-state index is 13.1. The molecule has 0 aliphatic rings. The lowest BCUT2D eigenvalue weighted by atomic mass is 9.94. The number of carbonyl (C=O) groups excluding carboxylic acids is 1. The van der Waals surface area contributed by atoms with Gasteiger partial charge in [0.25, 0.3) is 0 Å². The quantitative estimate of drug-likeness (QED) is 0.389. The first-order valence-electron chi connectivity index (χ1n) is 10.1. The molecule has 0 bridgehead atoms. The number of rotatable bonds is 7. The number of nitrogens with one attached hydrogen (secondary N) is 1. The molecule has 0 spiro atoms. The van der Waals surface area contributed by atoms with Crippen molar-refractivity contribution in [2.24, 2.45) is 15.2 Å². The summed E-state index contributed by atoms with van der Waals surface area (Å²) >= 11 is 1.01. The van der Waals surface area contributed by atoms with Crippen molar-refractivity contribution < 1.29 is 27.6 Å². The summed E-state index contributed by atoms with van der Waals surface area (Å²) in [7, 11) is -3.62. The summed E-state index contributed by atoms with van der Waals surface area (Å²) in [5, 5.41) is 18.7. The summed E-state index contributed by atoms with van der Waals surface area (Å²) in [5.41, 5.74) is 6.48. The summed E-state index contributed by atoms with van der Waals surface area (Å²) in [5.74, 6) is -0.290. The molecule has 0 aliphatic carbocycles. The Kier molecular flexibility index (Phi) is 10.1. The topological polar surface area (TPSA) is 140 Å². The van der Waals surface area contributed by atoms with Gasteiger partial charge in [0.1, 0.15) is 9.96 Å². The normalized spacial score (nSPS) is 14.4. The van der Waals surface area contributed by atoms with Gasteiger partial charge in [-0.25, -0.2) is 14.1 Å². The van der Waals surface area contributed by atoms with E-state index in [4.69, 9.17) is 10.9 Å². The average molecular weight is 539 g/mol. The van der Waals surface area contributed by atoms with Crippen molar-refractivity contribution in [3.8, 4) is 5.75 Å². The van der Waals surface area contributed by atoms with E-state index in [1.54, 1.807) is 47.6 Å². The number of carbonyl (C=O) groups is 1. The maximum atomic E-state index is 13.1. The number of alkyl halides is 2. The third-order valence-electron chi connectivity index (χ3n) is 4.70. The lowest BCUT2D eigenvalue weighted by Crippen LogP contribution is -2.20. The molecule has 2 aromatic rings. The monoisotopic (exact) mass is 538 g/mol. The lowest BCUT2D eigenvalue weighted by Gasteiger charge is -2.21. The van der Waals surface area contributed by atoms with E-state index in [2.05, 4.69) is 14.4 Å². The highest BCUT2D eigenvalue weighted by Gasteiger charge is 2.25. The molecule has 1 aromatic carbocycles. The van der Waals surface area contributed by atoms with Crippen LogP contribution in [0, 0.1) is 6.92 Å². The number of nitrogens with zero attached hydrogens (tertiary/aromatic N) is 1. The van der Waals surface area contributed by atoms with Crippen molar-refractivity contribution >= 4 is 46.5 Å². The number of ether oxygens (including phenoxy) is 1. The fourth-order valence-corrected chi connectivity index (χ4v) is 5.80. The highest BCUT2D eigenvalue weighted by atomic mass is 32.2. The van der Waals surface area contributed by atoms with Gasteiger partial charge in [0, 0.05) is 10.9 Å². The van der Waals surface area contributed by atoms with Crippen LogP contribution < -0.4 is 20.9 Å². The Morgan fingerprint density at radius 2 is 1.79 bits per heavy atom. The van der Waals surface area contributed by atoms with Gasteiger partial charge in [-0.3, -0.25) is 0 Å². The fourth-order valence-electron chi connectivity index (χ4n) is 3.14. The molecule has 1 heterocycles. The molecule has 192 valence electrons. The van der Waals surface area contributed by atoms with Gasteiger partial charge < -0.3 is 20.9 Å². The van der Waals surface area contributed by atoms with Crippen LogP contribution in [0.3, 0.4) is 0 Å². The first kappa shape index (κ1) is 30.3. The van der Waals surface area contributed by atoms with Gasteiger partial charge in [-0.15, -0.1) is 15.7 Å². The molecule has 0 saturated carbocycles. The Morgan fingerprint density at radius 3 is 2.24 bits per heavy atom. The van der Waals surface area contributed by atoms with E-state index in [1.807, 2.05) is 0 Å². The molecule has 1 aromatic heterocycles. The van der Waals surface area contributed by atoms with Crippen LogP contribution in [0.1, 0.15) is 68.1 Å². The minimum absolute atomic E-state index is 0. The van der Waals surface area contributed by atoms with E-state index >= 15 is 0 Å². The van der Waals surface area contributed by atoms with Crippen molar-refractivity contribution in [1.82, 2.24) is 0 Å². The molecule has 34 heavy (non-hydrogen) atoms. The van der Waals surface area contributed by atoms with Crippen molar-refractivity contribution in [3.63, 3.8) is 0 Å². The largest absolute Gasteiger partial charge is 0.435 e. The van der Waals surface area contributed by atoms with Crippen LogP contribution in [-0.2, 0) is 15.5 Å². The number of halogens is 2. The van der Waals surface area contributed by atoms with Gasteiger partial charge in [-0.1, -0.05) is 13.8 Å². The number of hydrogen-bond donors (Lipinski definition) is 4. The highest BCUT2D eigenvalue weighted by molar-refractivity contribution is 7.93. The number of hydrogen-bond acceptors (Lipinski definition) is 6. The van der Waals surface area contributed by atoms with Crippen molar-refractivity contribution in [2.45, 2.75) is 69.9 Å². The number of thiophene rings is 1. The number of anilines is 1. The van der Waals surface area contributed by atoms with Gasteiger partial charge in [-0.05, 0) is 68.5 Å². The molecule has 6 N–H and O–H groups in total. The average Bonchev–Trinajstić information content (AvgIpc) is 3.04. The molecule has 0 fully saturated rings. The summed E-state index contributed by atoms with van der Waals surface area (Å²) < 4.78 is 47.0. The van der Waals surface area contributed by atoms with Crippen LogP contribution in [0.25, 0.3) is 0 Å². The second-order valence-electron chi connectivity index (χ2n) is 8.53. The second kappa shape index (κ2) is 11.3. The Bertz CT molecular complexity index is 1120. The van der Waals surface area contributed by atoms with Gasteiger partial charge in [-0.2, -0.15) is 22.3 Å². The van der Waals surface area contributed by atoms with E-state index in [9.17, 15) is 22.9 Å². The molecule has 13 heteroatoms. The standard InChI is InChI=1S/C21H30F2N4O4S2.H2S/c1-10(2)14-8-13(31-19(22)23)9-15(12(4)24)17(14)26-20(28)27-33(25,30)18-11(3)7-16(32-18)21(5,6)29;/h7-10,12,19,29H,24H2,1-6H3,(H3,25,26,27,28,30);1H2. The van der Waals surface area contributed by atoms with Gasteiger partial charge in [0.15, 0.2) is 9.92 Å². The van der Waals surface area contributed by atoms with Gasteiger partial charge >= 0.3 is 12.6 Å². The van der Waals surface area contributed by atoms with E-state index < -0.39 is 34.2 Å². The molecule has 8 nitrogen and oxygen atoms in total. The molecule has 2 atom stereocenters. The summed E-state index contributed by atoms with van der Waals surface area (Å²) in [6, 6.07) is 2.72. The Hall–Kier alpha value is -1.77. The first-order valence-corrected chi connectivity index (χ1v) is 12.5. The Balaban J connectivity index is 0.00000578. The van der Waals surface area contributed by atoms with Crippen molar-refractivity contribution in [1.29, 1.82) is 0 Å². The zero-order chi connectivity index (χ0) is 25.3. The number of nitrogens with two attached hydrogens (primary N) is 2. The van der Waals surface area contributed by atoms with Gasteiger partial charge in [0.05, 0.1) is 11.3 Å². The minimum Gasteiger partial charge on any atom is -0.435 e. The summed E-state index contributed by atoms with van der Waals surface area (Å²) in [6.07, 6.45) is 0. The van der Waals surface area contributed by atoms with E-state index in [1.165, 1.54) is 12.1 Å². The Morgan fingerprint density at radius 1 is 1.24 bits per heavy atom. The molecule has 2 amide bonds. The predicted octanol–water partition coefficient (Wildman–Crippen LogP) is 5.07. The summed E-state index contributed by atoms with van der Waals surface area (Å²) in [4.78, 5) is 13.3. The van der Waals surface area contributed by atoms with Crippen LogP contribution in [0.5, 0.6) is 5.75 Å². The third kappa shape index (κ3) is 7.36. The van der Waals surface area contributed by atoms with Crippen LogP contribution in [0.2, 0.25) is 0 Å². The zero-order valence-electron chi connectivity index (χ0n) is 19.8. The molecule has 0 saturated heterocycles. The number of amides is 2. The summed E-state index contributed by atoms with van der Waals surface area (Å²) in [6.45, 7) is 7.03. The molecule has 0 aliphatic heterocycles. The number of benzene rings is 1. The fraction of sp³-hybridized carbons (Fsp3) is 0.476. The Labute approximate surface area is 209 Å². The van der Waals surface area contributed by atoms with Crippen LogP contribution in [0.15, 0.2) is 26.8 Å². The predicted molar refractivity (Wildman–Crippen MR) is 136 cm³/mol. The number of aliphatic hydroxyl groups is 1. The number of aryl methyl sites for hydroxylation is 1. The molecule has 2 rings (SSSR count). The third-order valence-corrected chi connectivity index (χ3v) is 8.30. The molecular weight excluding hydrogens is 506 g/mol.